The molecule has 140 valence electrons. The Morgan fingerprint density at radius 3 is 2.23 bits per heavy atom. The van der Waals surface area contributed by atoms with E-state index in [1.54, 1.807) is 12.1 Å². The lowest BCUT2D eigenvalue weighted by atomic mass is 9.85. The number of aryl methyl sites for hydroxylation is 1. The third-order valence-corrected chi connectivity index (χ3v) is 4.44. The molecule has 5 nitrogen and oxygen atoms in total. The van der Waals surface area contributed by atoms with Gasteiger partial charge in [0.25, 0.3) is 0 Å². The van der Waals surface area contributed by atoms with E-state index in [9.17, 15) is 15.0 Å². The maximum Gasteiger partial charge on any atom is 0.335 e. The number of hydrogen-bond acceptors (Lipinski definition) is 4. The summed E-state index contributed by atoms with van der Waals surface area (Å²) in [5.41, 5.74) is 2.14. The SMILES string of the molecule is CC(C)(CO)c1ccc(CCC(O)COc2ccc(C(=O)O)cc2)cc1. The quantitative estimate of drug-likeness (QED) is 0.641. The highest BCUT2D eigenvalue weighted by Crippen LogP contribution is 2.23. The minimum atomic E-state index is -0.982. The first-order chi connectivity index (χ1) is 12.3. The van der Waals surface area contributed by atoms with E-state index in [4.69, 9.17) is 9.84 Å². The average molecular weight is 358 g/mol. The van der Waals surface area contributed by atoms with Gasteiger partial charge >= 0.3 is 5.97 Å². The zero-order valence-corrected chi connectivity index (χ0v) is 15.2. The topological polar surface area (TPSA) is 87.0 Å². The molecule has 0 saturated heterocycles. The van der Waals surface area contributed by atoms with Crippen molar-refractivity contribution in [2.24, 2.45) is 0 Å². The number of aromatic carboxylic acids is 1. The maximum absolute atomic E-state index is 10.8. The van der Waals surface area contributed by atoms with Gasteiger partial charge in [0.15, 0.2) is 0 Å². The van der Waals surface area contributed by atoms with Crippen molar-refractivity contribution in [1.82, 2.24) is 0 Å². The maximum atomic E-state index is 10.8. The van der Waals surface area contributed by atoms with Crippen molar-refractivity contribution in [3.05, 3.63) is 65.2 Å². The van der Waals surface area contributed by atoms with Crippen LogP contribution in [0.4, 0.5) is 0 Å². The van der Waals surface area contributed by atoms with E-state index in [0.29, 0.717) is 12.2 Å². The normalized spacial score (nSPS) is 12.6. The lowest BCUT2D eigenvalue weighted by Crippen LogP contribution is -2.22. The van der Waals surface area contributed by atoms with Crippen LogP contribution in [0.15, 0.2) is 48.5 Å². The molecule has 26 heavy (non-hydrogen) atoms. The van der Waals surface area contributed by atoms with E-state index >= 15 is 0 Å². The Labute approximate surface area is 153 Å². The molecule has 1 unspecified atom stereocenters. The molecule has 3 N–H and O–H groups in total. The molecule has 2 aromatic rings. The number of aliphatic hydroxyl groups is 2. The van der Waals surface area contributed by atoms with Gasteiger partial charge in [-0.3, -0.25) is 0 Å². The molecule has 0 bridgehead atoms. The summed E-state index contributed by atoms with van der Waals surface area (Å²) in [6, 6.07) is 14.2. The highest BCUT2D eigenvalue weighted by Gasteiger charge is 2.18. The standard InChI is InChI=1S/C21H26O5/c1-21(2,14-22)17-8-3-15(4-9-17)5-10-18(23)13-26-19-11-6-16(7-12-19)20(24)25/h3-4,6-9,11-12,18,22-23H,5,10,13-14H2,1-2H3,(H,24,25). The van der Waals surface area contributed by atoms with Crippen LogP contribution in [-0.4, -0.2) is 40.6 Å². The average Bonchev–Trinajstić information content (AvgIpc) is 2.65. The van der Waals surface area contributed by atoms with Crippen LogP contribution in [0.2, 0.25) is 0 Å². The van der Waals surface area contributed by atoms with Crippen molar-refractivity contribution < 1.29 is 24.9 Å². The van der Waals surface area contributed by atoms with Gasteiger partial charge in [-0.1, -0.05) is 38.1 Å². The van der Waals surface area contributed by atoms with Crippen molar-refractivity contribution in [3.8, 4) is 5.75 Å². The Balaban J connectivity index is 1.79. The van der Waals surface area contributed by atoms with E-state index in [1.807, 2.05) is 38.1 Å². The predicted molar refractivity (Wildman–Crippen MR) is 99.8 cm³/mol. The van der Waals surface area contributed by atoms with Gasteiger partial charge in [0, 0.05) is 5.41 Å². The van der Waals surface area contributed by atoms with Crippen molar-refractivity contribution in [2.75, 3.05) is 13.2 Å². The number of carboxylic acid groups (broad SMARTS) is 1. The van der Waals surface area contributed by atoms with Crippen LogP contribution < -0.4 is 4.74 Å². The number of hydrogen-bond donors (Lipinski definition) is 3. The fourth-order valence-corrected chi connectivity index (χ4v) is 2.52. The van der Waals surface area contributed by atoms with Crippen molar-refractivity contribution in [1.29, 1.82) is 0 Å². The van der Waals surface area contributed by atoms with Gasteiger partial charge in [0.05, 0.1) is 18.3 Å². The van der Waals surface area contributed by atoms with E-state index < -0.39 is 12.1 Å². The fraction of sp³-hybridized carbons (Fsp3) is 0.381. The van der Waals surface area contributed by atoms with Gasteiger partial charge in [-0.05, 0) is 48.2 Å². The first-order valence-electron chi connectivity index (χ1n) is 8.66. The van der Waals surface area contributed by atoms with Gasteiger partial charge in [-0.15, -0.1) is 0 Å². The Morgan fingerprint density at radius 1 is 1.08 bits per heavy atom. The lowest BCUT2D eigenvalue weighted by molar-refractivity contribution is 0.0696. The summed E-state index contributed by atoms with van der Waals surface area (Å²) in [4.78, 5) is 10.8. The van der Waals surface area contributed by atoms with Gasteiger partial charge in [-0.25, -0.2) is 4.79 Å². The summed E-state index contributed by atoms with van der Waals surface area (Å²) in [7, 11) is 0. The molecule has 0 saturated carbocycles. The second-order valence-electron chi connectivity index (χ2n) is 7.07. The molecule has 0 amide bonds. The molecule has 0 aliphatic rings. The zero-order chi connectivity index (χ0) is 19.2. The molecule has 0 fully saturated rings. The van der Waals surface area contributed by atoms with Gasteiger partial charge in [0.2, 0.25) is 0 Å². The fourth-order valence-electron chi connectivity index (χ4n) is 2.52. The third-order valence-electron chi connectivity index (χ3n) is 4.44. The third kappa shape index (κ3) is 5.58. The van der Waals surface area contributed by atoms with Gasteiger partial charge in [0.1, 0.15) is 12.4 Å². The predicted octanol–water partition coefficient (Wildman–Crippen LogP) is 3.03. The molecule has 0 spiro atoms. The van der Waals surface area contributed by atoms with Crippen LogP contribution >= 0.6 is 0 Å². The van der Waals surface area contributed by atoms with E-state index in [0.717, 1.165) is 17.5 Å². The minimum Gasteiger partial charge on any atom is -0.491 e. The smallest absolute Gasteiger partial charge is 0.335 e. The summed E-state index contributed by atoms with van der Waals surface area (Å²) in [6.07, 6.45) is 0.681. The first kappa shape index (κ1) is 19.9. The van der Waals surface area contributed by atoms with E-state index in [2.05, 4.69) is 0 Å². The molecule has 1 atom stereocenters. The molecular weight excluding hydrogens is 332 g/mol. The summed E-state index contributed by atoms with van der Waals surface area (Å²) < 4.78 is 5.50. The number of carboxylic acids is 1. The number of ether oxygens (including phenoxy) is 1. The Morgan fingerprint density at radius 2 is 1.69 bits per heavy atom. The molecule has 0 aromatic heterocycles. The molecule has 5 heteroatoms. The molecule has 0 heterocycles. The van der Waals surface area contributed by atoms with Crippen LogP contribution in [0.25, 0.3) is 0 Å². The molecule has 0 radical (unpaired) electrons. The number of benzene rings is 2. The van der Waals surface area contributed by atoms with Crippen LogP contribution in [0.1, 0.15) is 41.8 Å². The zero-order valence-electron chi connectivity index (χ0n) is 15.2. The molecule has 0 aliphatic heterocycles. The molecular formula is C21H26O5. The first-order valence-corrected chi connectivity index (χ1v) is 8.66. The lowest BCUT2D eigenvalue weighted by Gasteiger charge is -2.22. The van der Waals surface area contributed by atoms with Crippen LogP contribution in [0, 0.1) is 0 Å². The Hall–Kier alpha value is -2.37. The molecule has 2 rings (SSSR count). The molecule has 0 aliphatic carbocycles. The summed E-state index contributed by atoms with van der Waals surface area (Å²) in [5, 5.41) is 28.4. The number of aliphatic hydroxyl groups excluding tert-OH is 2. The highest BCUT2D eigenvalue weighted by molar-refractivity contribution is 5.87. The van der Waals surface area contributed by atoms with Crippen LogP contribution in [-0.2, 0) is 11.8 Å². The summed E-state index contributed by atoms with van der Waals surface area (Å²) in [5.74, 6) is -0.449. The van der Waals surface area contributed by atoms with Gasteiger partial charge < -0.3 is 20.1 Å². The summed E-state index contributed by atoms with van der Waals surface area (Å²) in [6.45, 7) is 4.23. The van der Waals surface area contributed by atoms with Crippen molar-refractivity contribution >= 4 is 5.97 Å². The Bertz CT molecular complexity index is 704. The van der Waals surface area contributed by atoms with Crippen molar-refractivity contribution in [3.63, 3.8) is 0 Å². The number of carbonyl (C=O) groups is 1. The Kier molecular flexibility index (Phi) is 6.77. The van der Waals surface area contributed by atoms with Crippen LogP contribution in [0.5, 0.6) is 5.75 Å². The van der Waals surface area contributed by atoms with Crippen LogP contribution in [0.3, 0.4) is 0 Å². The second-order valence-corrected chi connectivity index (χ2v) is 7.07. The second kappa shape index (κ2) is 8.83. The minimum absolute atomic E-state index is 0.0931. The highest BCUT2D eigenvalue weighted by atomic mass is 16.5. The number of rotatable bonds is 9. The van der Waals surface area contributed by atoms with Gasteiger partial charge in [-0.2, -0.15) is 0 Å². The largest absolute Gasteiger partial charge is 0.491 e. The van der Waals surface area contributed by atoms with E-state index in [-0.39, 0.29) is 24.2 Å². The van der Waals surface area contributed by atoms with E-state index in [1.165, 1.54) is 12.1 Å². The monoisotopic (exact) mass is 358 g/mol. The van der Waals surface area contributed by atoms with Crippen molar-refractivity contribution in [2.45, 2.75) is 38.2 Å². The summed E-state index contributed by atoms with van der Waals surface area (Å²) >= 11 is 0. The molecule has 2 aromatic carbocycles.